The summed E-state index contributed by atoms with van der Waals surface area (Å²) in [5.41, 5.74) is 6.57. The molecule has 0 bridgehead atoms. The maximum Gasteiger partial charge on any atom is 0.255 e. The lowest BCUT2D eigenvalue weighted by atomic mass is 9.74. The van der Waals surface area contributed by atoms with Gasteiger partial charge in [0, 0.05) is 24.7 Å². The molecule has 2 atom stereocenters. The fourth-order valence-electron chi connectivity index (χ4n) is 4.11. The maximum absolute atomic E-state index is 12.9. The van der Waals surface area contributed by atoms with E-state index in [0.717, 1.165) is 38.5 Å². The van der Waals surface area contributed by atoms with Crippen LogP contribution in [0.4, 0.5) is 0 Å². The lowest BCUT2D eigenvalue weighted by Crippen LogP contribution is -2.56. The van der Waals surface area contributed by atoms with Gasteiger partial charge < -0.3 is 20.4 Å². The molecule has 6 nitrogen and oxygen atoms in total. The van der Waals surface area contributed by atoms with Crippen molar-refractivity contribution in [3.63, 3.8) is 0 Å². The van der Waals surface area contributed by atoms with Gasteiger partial charge in [0.05, 0.1) is 17.7 Å². The first-order valence-corrected chi connectivity index (χ1v) is 9.31. The molecule has 1 aromatic heterocycles. The molecular formula is C19H30ClN3O3. The number of halogens is 1. The molecule has 2 unspecified atom stereocenters. The Hall–Kier alpha value is -1.53. The van der Waals surface area contributed by atoms with E-state index in [1.54, 1.807) is 13.0 Å². The molecule has 2 amide bonds. The summed E-state index contributed by atoms with van der Waals surface area (Å²) in [7, 11) is 0. The fraction of sp³-hybridized carbons (Fsp3) is 0.684. The highest BCUT2D eigenvalue weighted by atomic mass is 35.5. The van der Waals surface area contributed by atoms with Crippen LogP contribution in [0.2, 0.25) is 0 Å². The molecular weight excluding hydrogens is 354 g/mol. The van der Waals surface area contributed by atoms with Crippen LogP contribution in [0.25, 0.3) is 0 Å². The van der Waals surface area contributed by atoms with Crippen molar-refractivity contribution in [2.75, 3.05) is 13.1 Å². The first kappa shape index (κ1) is 20.8. The minimum atomic E-state index is -0.390. The van der Waals surface area contributed by atoms with Gasteiger partial charge in [0.1, 0.15) is 5.76 Å². The first-order valence-electron chi connectivity index (χ1n) is 9.31. The molecule has 1 saturated heterocycles. The number of nitrogens with one attached hydrogen (secondary N) is 1. The summed E-state index contributed by atoms with van der Waals surface area (Å²) in [6.07, 6.45) is 7.09. The zero-order valence-corrected chi connectivity index (χ0v) is 16.4. The van der Waals surface area contributed by atoms with Crippen LogP contribution in [0.3, 0.4) is 0 Å². The topological polar surface area (TPSA) is 88.6 Å². The van der Waals surface area contributed by atoms with Crippen LogP contribution in [0, 0.1) is 12.8 Å². The number of amides is 2. The van der Waals surface area contributed by atoms with Gasteiger partial charge in [0.15, 0.2) is 0 Å². The zero-order valence-electron chi connectivity index (χ0n) is 15.6. The number of hydrogen-bond donors (Lipinski definition) is 2. The Balaban J connectivity index is 0.00000243. The number of hydrogen-bond acceptors (Lipinski definition) is 4. The molecule has 2 heterocycles. The smallest absolute Gasteiger partial charge is 0.255 e. The van der Waals surface area contributed by atoms with Crippen LogP contribution < -0.4 is 11.1 Å². The SMILES string of the molecule is Cc1occc1C(=O)NC1CCN(C(=O)C2CCCCC2(C)N)CC1.Cl. The normalized spacial score (nSPS) is 26.9. The molecule has 3 N–H and O–H groups in total. The largest absolute Gasteiger partial charge is 0.469 e. The van der Waals surface area contributed by atoms with Crippen LogP contribution >= 0.6 is 12.4 Å². The van der Waals surface area contributed by atoms with Crippen molar-refractivity contribution in [1.82, 2.24) is 10.2 Å². The van der Waals surface area contributed by atoms with Crippen molar-refractivity contribution in [2.24, 2.45) is 11.7 Å². The number of piperidine rings is 1. The van der Waals surface area contributed by atoms with Crippen LogP contribution in [-0.4, -0.2) is 41.4 Å². The zero-order chi connectivity index (χ0) is 18.0. The van der Waals surface area contributed by atoms with Crippen molar-refractivity contribution in [1.29, 1.82) is 0 Å². The van der Waals surface area contributed by atoms with E-state index in [4.69, 9.17) is 10.2 Å². The molecule has 3 rings (SSSR count). The summed E-state index contributed by atoms with van der Waals surface area (Å²) >= 11 is 0. The summed E-state index contributed by atoms with van der Waals surface area (Å²) in [4.78, 5) is 27.1. The molecule has 2 aliphatic rings. The summed E-state index contributed by atoms with van der Waals surface area (Å²) in [5, 5.41) is 3.06. The molecule has 0 radical (unpaired) electrons. The van der Waals surface area contributed by atoms with Gasteiger partial charge in [0.2, 0.25) is 5.91 Å². The molecule has 1 saturated carbocycles. The van der Waals surface area contributed by atoms with Crippen molar-refractivity contribution in [2.45, 2.75) is 64.0 Å². The van der Waals surface area contributed by atoms with E-state index >= 15 is 0 Å². The van der Waals surface area contributed by atoms with Crippen molar-refractivity contribution >= 4 is 24.2 Å². The van der Waals surface area contributed by atoms with Crippen molar-refractivity contribution in [3.05, 3.63) is 23.7 Å². The molecule has 1 aliphatic heterocycles. The van der Waals surface area contributed by atoms with Gasteiger partial charge in [0.25, 0.3) is 5.91 Å². The number of carbonyl (C=O) groups is 2. The molecule has 1 aromatic rings. The summed E-state index contributed by atoms with van der Waals surface area (Å²) < 4.78 is 5.18. The van der Waals surface area contributed by atoms with Gasteiger partial charge in [-0.05, 0) is 45.6 Å². The lowest BCUT2D eigenvalue weighted by molar-refractivity contribution is -0.140. The highest BCUT2D eigenvalue weighted by molar-refractivity contribution is 5.95. The van der Waals surface area contributed by atoms with E-state index in [1.807, 2.05) is 11.8 Å². The first-order chi connectivity index (χ1) is 11.9. The summed E-state index contributed by atoms with van der Waals surface area (Å²) in [6.45, 7) is 5.15. The maximum atomic E-state index is 12.9. The molecule has 26 heavy (non-hydrogen) atoms. The number of likely N-dealkylation sites (tertiary alicyclic amines) is 1. The second kappa shape index (κ2) is 8.44. The van der Waals surface area contributed by atoms with E-state index in [0.29, 0.717) is 24.4 Å². The Labute approximate surface area is 161 Å². The third-order valence-electron chi connectivity index (χ3n) is 5.80. The minimum Gasteiger partial charge on any atom is -0.469 e. The van der Waals surface area contributed by atoms with E-state index in [9.17, 15) is 9.59 Å². The van der Waals surface area contributed by atoms with Crippen LogP contribution in [0.15, 0.2) is 16.7 Å². The second-order valence-electron chi connectivity index (χ2n) is 7.77. The third kappa shape index (κ3) is 4.41. The summed E-state index contributed by atoms with van der Waals surface area (Å²) in [6, 6.07) is 1.79. The quantitative estimate of drug-likeness (QED) is 0.839. The third-order valence-corrected chi connectivity index (χ3v) is 5.80. The molecule has 0 spiro atoms. The van der Waals surface area contributed by atoms with Gasteiger partial charge in [-0.2, -0.15) is 0 Å². The number of aryl methyl sites for hydroxylation is 1. The fourth-order valence-corrected chi connectivity index (χ4v) is 4.11. The van der Waals surface area contributed by atoms with Crippen LogP contribution in [0.1, 0.15) is 61.6 Å². The Morgan fingerprint density at radius 1 is 1.27 bits per heavy atom. The van der Waals surface area contributed by atoms with Crippen LogP contribution in [0.5, 0.6) is 0 Å². The number of furan rings is 1. The number of nitrogens with zero attached hydrogens (tertiary/aromatic N) is 1. The van der Waals surface area contributed by atoms with Gasteiger partial charge in [-0.15, -0.1) is 12.4 Å². The molecule has 146 valence electrons. The standard InChI is InChI=1S/C19H29N3O3.ClH/c1-13-15(8-12-25-13)17(23)21-14-6-10-22(11-7-14)18(24)16-5-3-4-9-19(16,2)20;/h8,12,14,16H,3-7,9-11,20H2,1-2H3,(H,21,23);1H. The number of rotatable bonds is 3. The summed E-state index contributed by atoms with van der Waals surface area (Å²) in [5.74, 6) is 0.656. The van der Waals surface area contributed by atoms with E-state index in [2.05, 4.69) is 5.32 Å². The van der Waals surface area contributed by atoms with Gasteiger partial charge in [-0.1, -0.05) is 12.8 Å². The average Bonchev–Trinajstić information content (AvgIpc) is 3.01. The molecule has 7 heteroatoms. The molecule has 0 aromatic carbocycles. The number of carbonyl (C=O) groups excluding carboxylic acids is 2. The Morgan fingerprint density at radius 2 is 1.96 bits per heavy atom. The lowest BCUT2D eigenvalue weighted by Gasteiger charge is -2.41. The Bertz CT molecular complexity index is 636. The Kier molecular flexibility index (Phi) is 6.74. The van der Waals surface area contributed by atoms with E-state index in [-0.39, 0.29) is 41.7 Å². The van der Waals surface area contributed by atoms with Crippen LogP contribution in [-0.2, 0) is 4.79 Å². The highest BCUT2D eigenvalue weighted by Crippen LogP contribution is 2.33. The molecule has 2 fully saturated rings. The predicted molar refractivity (Wildman–Crippen MR) is 102 cm³/mol. The predicted octanol–water partition coefficient (Wildman–Crippen LogP) is 2.64. The van der Waals surface area contributed by atoms with E-state index < -0.39 is 0 Å². The van der Waals surface area contributed by atoms with Gasteiger partial charge in [-0.25, -0.2) is 0 Å². The highest BCUT2D eigenvalue weighted by Gasteiger charge is 2.40. The van der Waals surface area contributed by atoms with Gasteiger partial charge >= 0.3 is 0 Å². The number of nitrogens with two attached hydrogens (primary N) is 1. The molecule has 1 aliphatic carbocycles. The van der Waals surface area contributed by atoms with Gasteiger partial charge in [-0.3, -0.25) is 9.59 Å². The van der Waals surface area contributed by atoms with Crippen molar-refractivity contribution < 1.29 is 14.0 Å². The second-order valence-corrected chi connectivity index (χ2v) is 7.77. The monoisotopic (exact) mass is 383 g/mol. The Morgan fingerprint density at radius 3 is 2.54 bits per heavy atom. The van der Waals surface area contributed by atoms with E-state index in [1.165, 1.54) is 6.26 Å². The average molecular weight is 384 g/mol. The minimum absolute atomic E-state index is 0. The van der Waals surface area contributed by atoms with Crippen molar-refractivity contribution in [3.8, 4) is 0 Å².